The van der Waals surface area contributed by atoms with Crippen molar-refractivity contribution in [2.24, 2.45) is 0 Å². The fourth-order valence-corrected chi connectivity index (χ4v) is 3.02. The lowest BCUT2D eigenvalue weighted by atomic mass is 10.0. The highest BCUT2D eigenvalue weighted by atomic mass is 16.1. The van der Waals surface area contributed by atoms with Crippen molar-refractivity contribution < 1.29 is 4.79 Å². The van der Waals surface area contributed by atoms with Crippen molar-refractivity contribution >= 4 is 11.6 Å². The third-order valence-electron chi connectivity index (χ3n) is 4.17. The molecule has 3 rings (SSSR count). The maximum absolute atomic E-state index is 12.7. The molecule has 1 heterocycles. The first-order valence-corrected chi connectivity index (χ1v) is 7.96. The molecule has 1 N–H and O–H groups in total. The van der Waals surface area contributed by atoms with E-state index in [0.29, 0.717) is 5.56 Å². The molecule has 4 heteroatoms. The van der Waals surface area contributed by atoms with Gasteiger partial charge in [-0.25, -0.2) is 4.68 Å². The monoisotopic (exact) mass is 319 g/mol. The second kappa shape index (κ2) is 6.32. The van der Waals surface area contributed by atoms with Crippen LogP contribution in [0.4, 0.5) is 5.69 Å². The highest BCUT2D eigenvalue weighted by Gasteiger charge is 2.16. The standard InChI is InChI=1S/C20H21N3O/c1-13-10-14(2)19(15(3)11-13)22-20(24)18-12-21-23(16(18)4)17-8-6-5-7-9-17/h5-12H,1-4H3,(H,22,24). The first-order valence-electron chi connectivity index (χ1n) is 7.96. The normalized spacial score (nSPS) is 10.7. The lowest BCUT2D eigenvalue weighted by Crippen LogP contribution is -2.15. The summed E-state index contributed by atoms with van der Waals surface area (Å²) in [6.45, 7) is 7.98. The molecule has 0 aliphatic rings. The van der Waals surface area contributed by atoms with Crippen LogP contribution in [0.1, 0.15) is 32.7 Å². The van der Waals surface area contributed by atoms with Crippen LogP contribution in [0.2, 0.25) is 0 Å². The molecular weight excluding hydrogens is 298 g/mol. The quantitative estimate of drug-likeness (QED) is 0.780. The second-order valence-electron chi connectivity index (χ2n) is 6.12. The maximum atomic E-state index is 12.7. The van der Waals surface area contributed by atoms with Crippen LogP contribution in [0.5, 0.6) is 0 Å². The average molecular weight is 319 g/mol. The molecule has 0 saturated carbocycles. The van der Waals surface area contributed by atoms with Gasteiger partial charge in [0.05, 0.1) is 23.1 Å². The van der Waals surface area contributed by atoms with E-state index in [9.17, 15) is 4.79 Å². The Morgan fingerprint density at radius 3 is 2.25 bits per heavy atom. The van der Waals surface area contributed by atoms with Gasteiger partial charge in [0.15, 0.2) is 0 Å². The lowest BCUT2D eigenvalue weighted by Gasteiger charge is -2.13. The summed E-state index contributed by atoms with van der Waals surface area (Å²) in [5, 5.41) is 7.40. The molecule has 1 aromatic heterocycles. The third kappa shape index (κ3) is 2.95. The molecule has 0 atom stereocenters. The van der Waals surface area contributed by atoms with E-state index in [0.717, 1.165) is 28.2 Å². The zero-order chi connectivity index (χ0) is 17.3. The molecule has 4 nitrogen and oxygen atoms in total. The second-order valence-corrected chi connectivity index (χ2v) is 6.12. The Kier molecular flexibility index (Phi) is 4.21. The molecule has 2 aromatic carbocycles. The van der Waals surface area contributed by atoms with Crippen LogP contribution in [-0.4, -0.2) is 15.7 Å². The Labute approximate surface area is 142 Å². The minimum atomic E-state index is -0.135. The van der Waals surface area contributed by atoms with Crippen LogP contribution in [0.3, 0.4) is 0 Å². The molecule has 24 heavy (non-hydrogen) atoms. The molecule has 0 radical (unpaired) electrons. The third-order valence-corrected chi connectivity index (χ3v) is 4.17. The van der Waals surface area contributed by atoms with E-state index in [1.54, 1.807) is 10.9 Å². The van der Waals surface area contributed by atoms with Gasteiger partial charge in [0.2, 0.25) is 0 Å². The summed E-state index contributed by atoms with van der Waals surface area (Å²) >= 11 is 0. The number of nitrogens with zero attached hydrogens (tertiary/aromatic N) is 2. The summed E-state index contributed by atoms with van der Waals surface area (Å²) < 4.78 is 1.78. The molecule has 0 saturated heterocycles. The van der Waals surface area contributed by atoms with Gasteiger partial charge < -0.3 is 5.32 Å². The number of nitrogens with one attached hydrogen (secondary N) is 1. The molecule has 122 valence electrons. The van der Waals surface area contributed by atoms with Crippen molar-refractivity contribution in [3.8, 4) is 5.69 Å². The lowest BCUT2D eigenvalue weighted by molar-refractivity contribution is 0.102. The number of aromatic nitrogens is 2. The van der Waals surface area contributed by atoms with Gasteiger partial charge in [-0.1, -0.05) is 35.9 Å². The van der Waals surface area contributed by atoms with Crippen LogP contribution in [0.25, 0.3) is 5.69 Å². The number of aryl methyl sites for hydroxylation is 3. The van der Waals surface area contributed by atoms with E-state index in [4.69, 9.17) is 0 Å². The smallest absolute Gasteiger partial charge is 0.259 e. The van der Waals surface area contributed by atoms with Crippen LogP contribution in [0, 0.1) is 27.7 Å². The van der Waals surface area contributed by atoms with Crippen molar-refractivity contribution in [3.05, 3.63) is 76.6 Å². The van der Waals surface area contributed by atoms with E-state index >= 15 is 0 Å². The van der Waals surface area contributed by atoms with E-state index in [1.165, 1.54) is 5.56 Å². The first-order chi connectivity index (χ1) is 11.5. The number of anilines is 1. The van der Waals surface area contributed by atoms with E-state index in [-0.39, 0.29) is 5.91 Å². The van der Waals surface area contributed by atoms with Crippen LogP contribution in [-0.2, 0) is 0 Å². The highest BCUT2D eigenvalue weighted by molar-refractivity contribution is 6.05. The van der Waals surface area contributed by atoms with Crippen LogP contribution >= 0.6 is 0 Å². The SMILES string of the molecule is Cc1cc(C)c(NC(=O)c2cnn(-c3ccccc3)c2C)c(C)c1. The van der Waals surface area contributed by atoms with Crippen molar-refractivity contribution in [1.29, 1.82) is 0 Å². The van der Waals surface area contributed by atoms with Gasteiger partial charge in [0, 0.05) is 5.69 Å². The van der Waals surface area contributed by atoms with E-state index in [2.05, 4.69) is 29.5 Å². The Morgan fingerprint density at radius 2 is 1.62 bits per heavy atom. The molecule has 3 aromatic rings. The van der Waals surface area contributed by atoms with Crippen LogP contribution in [0.15, 0.2) is 48.7 Å². The number of amides is 1. The fraction of sp³-hybridized carbons (Fsp3) is 0.200. The molecule has 0 spiro atoms. The van der Waals surface area contributed by atoms with Crippen molar-refractivity contribution in [3.63, 3.8) is 0 Å². The molecule has 0 aliphatic carbocycles. The average Bonchev–Trinajstić information content (AvgIpc) is 2.93. The number of para-hydroxylation sites is 1. The summed E-state index contributed by atoms with van der Waals surface area (Å²) in [7, 11) is 0. The summed E-state index contributed by atoms with van der Waals surface area (Å²) in [5.74, 6) is -0.135. The summed E-state index contributed by atoms with van der Waals surface area (Å²) in [6.07, 6.45) is 1.62. The van der Waals surface area contributed by atoms with Crippen LogP contribution < -0.4 is 5.32 Å². The zero-order valence-electron chi connectivity index (χ0n) is 14.4. The van der Waals surface area contributed by atoms with Gasteiger partial charge >= 0.3 is 0 Å². The minimum Gasteiger partial charge on any atom is -0.321 e. The van der Waals surface area contributed by atoms with E-state index < -0.39 is 0 Å². The minimum absolute atomic E-state index is 0.135. The van der Waals surface area contributed by atoms with Crippen molar-refractivity contribution in [2.75, 3.05) is 5.32 Å². The fourth-order valence-electron chi connectivity index (χ4n) is 3.02. The van der Waals surface area contributed by atoms with Gasteiger partial charge in [-0.3, -0.25) is 4.79 Å². The number of hydrogen-bond acceptors (Lipinski definition) is 2. The molecule has 0 unspecified atom stereocenters. The van der Waals surface area contributed by atoms with Gasteiger partial charge in [0.25, 0.3) is 5.91 Å². The molecule has 1 amide bonds. The Bertz CT molecular complexity index is 871. The maximum Gasteiger partial charge on any atom is 0.259 e. The van der Waals surface area contributed by atoms with Gasteiger partial charge in [0.1, 0.15) is 0 Å². The summed E-state index contributed by atoms with van der Waals surface area (Å²) in [5.41, 5.74) is 6.53. The number of rotatable bonds is 3. The Balaban J connectivity index is 1.91. The predicted molar refractivity (Wildman–Crippen MR) is 96.9 cm³/mol. The molecular formula is C20H21N3O. The summed E-state index contributed by atoms with van der Waals surface area (Å²) in [4.78, 5) is 12.7. The number of hydrogen-bond donors (Lipinski definition) is 1. The molecule has 0 aliphatic heterocycles. The number of carbonyl (C=O) groups is 1. The largest absolute Gasteiger partial charge is 0.321 e. The van der Waals surface area contributed by atoms with Gasteiger partial charge in [-0.05, 0) is 51.0 Å². The zero-order valence-corrected chi connectivity index (χ0v) is 14.4. The van der Waals surface area contributed by atoms with Gasteiger partial charge in [-0.15, -0.1) is 0 Å². The molecule has 0 bridgehead atoms. The van der Waals surface area contributed by atoms with Crippen molar-refractivity contribution in [2.45, 2.75) is 27.7 Å². The Hall–Kier alpha value is -2.88. The van der Waals surface area contributed by atoms with Crippen molar-refractivity contribution in [1.82, 2.24) is 9.78 Å². The van der Waals surface area contributed by atoms with E-state index in [1.807, 2.05) is 51.1 Å². The first kappa shape index (κ1) is 16.0. The molecule has 0 fully saturated rings. The predicted octanol–water partition coefficient (Wildman–Crippen LogP) is 4.36. The Morgan fingerprint density at radius 1 is 1.00 bits per heavy atom. The topological polar surface area (TPSA) is 46.9 Å². The van der Waals surface area contributed by atoms with Gasteiger partial charge in [-0.2, -0.15) is 5.10 Å². The highest BCUT2D eigenvalue weighted by Crippen LogP contribution is 2.23. The summed E-state index contributed by atoms with van der Waals surface area (Å²) in [6, 6.07) is 13.9. The number of carbonyl (C=O) groups excluding carboxylic acids is 1. The number of benzene rings is 2.